The number of amides is 1. The monoisotopic (exact) mass is 527 g/mol. The average molecular weight is 527 g/mol. The zero-order chi connectivity index (χ0) is 20.9. The van der Waals surface area contributed by atoms with E-state index < -0.39 is 0 Å². The number of methoxy groups -OCH3 is 1. The Labute approximate surface area is 194 Å². The summed E-state index contributed by atoms with van der Waals surface area (Å²) in [5, 5.41) is 9.10. The number of carbonyl (C=O) groups excluding carboxylic acids is 1. The number of anilines is 2. The van der Waals surface area contributed by atoms with Gasteiger partial charge < -0.3 is 25.4 Å². The highest BCUT2D eigenvalue weighted by atomic mass is 127. The number of aromatic nitrogens is 1. The lowest BCUT2D eigenvalue weighted by Crippen LogP contribution is -2.33. The lowest BCUT2D eigenvalue weighted by atomic mass is 10.3. The van der Waals surface area contributed by atoms with Crippen LogP contribution in [0.1, 0.15) is 18.5 Å². The van der Waals surface area contributed by atoms with Crippen molar-refractivity contribution in [3.63, 3.8) is 0 Å². The van der Waals surface area contributed by atoms with E-state index in [4.69, 9.17) is 9.47 Å². The molecule has 0 aliphatic rings. The van der Waals surface area contributed by atoms with Gasteiger partial charge in [-0.1, -0.05) is 12.1 Å². The number of pyridine rings is 1. The molecule has 0 unspecified atom stereocenters. The van der Waals surface area contributed by atoms with Crippen LogP contribution >= 0.6 is 24.0 Å². The highest BCUT2D eigenvalue weighted by Crippen LogP contribution is 2.17. The summed E-state index contributed by atoms with van der Waals surface area (Å²) in [4.78, 5) is 20.5. The summed E-state index contributed by atoms with van der Waals surface area (Å²) >= 11 is 0. The molecule has 0 saturated heterocycles. The summed E-state index contributed by atoms with van der Waals surface area (Å²) in [6.45, 7) is 3.58. The van der Waals surface area contributed by atoms with Gasteiger partial charge in [0.25, 0.3) is 0 Å². The Kier molecular flexibility index (Phi) is 12.4. The third-order valence-electron chi connectivity index (χ3n) is 3.88. The summed E-state index contributed by atoms with van der Waals surface area (Å²) in [6, 6.07) is 13.1. The molecule has 9 heteroatoms. The van der Waals surface area contributed by atoms with E-state index >= 15 is 0 Å². The smallest absolute Gasteiger partial charge is 0.227 e. The highest BCUT2D eigenvalue weighted by Gasteiger charge is 2.05. The van der Waals surface area contributed by atoms with Gasteiger partial charge in [0.2, 0.25) is 5.91 Å². The van der Waals surface area contributed by atoms with E-state index in [2.05, 4.69) is 25.9 Å². The molecule has 0 saturated carbocycles. The lowest BCUT2D eigenvalue weighted by Gasteiger charge is -2.13. The SMILES string of the molecule is CN=C(NCCC(=O)Nc1cccc(C)n1)Nc1cccc(OCCCOC)c1.I. The van der Waals surface area contributed by atoms with Crippen LogP contribution < -0.4 is 20.7 Å². The molecule has 0 bridgehead atoms. The van der Waals surface area contributed by atoms with Crippen molar-refractivity contribution in [2.75, 3.05) is 44.5 Å². The second-order valence-electron chi connectivity index (χ2n) is 6.31. The number of nitrogens with zero attached hydrogens (tertiary/aromatic N) is 2. The number of rotatable bonds is 10. The first kappa shape index (κ1) is 25.6. The Morgan fingerprint density at radius 2 is 1.93 bits per heavy atom. The molecule has 1 aromatic carbocycles. The Morgan fingerprint density at radius 1 is 1.13 bits per heavy atom. The maximum Gasteiger partial charge on any atom is 0.227 e. The molecule has 0 spiro atoms. The van der Waals surface area contributed by atoms with Crippen molar-refractivity contribution in [3.8, 4) is 5.75 Å². The minimum absolute atomic E-state index is 0. The zero-order valence-electron chi connectivity index (χ0n) is 17.6. The van der Waals surface area contributed by atoms with Crippen LogP contribution in [0.3, 0.4) is 0 Å². The van der Waals surface area contributed by atoms with Crippen molar-refractivity contribution in [1.29, 1.82) is 0 Å². The maximum absolute atomic E-state index is 12.1. The second-order valence-corrected chi connectivity index (χ2v) is 6.31. The van der Waals surface area contributed by atoms with Gasteiger partial charge in [-0.3, -0.25) is 9.79 Å². The van der Waals surface area contributed by atoms with Crippen LogP contribution in [0, 0.1) is 6.92 Å². The Bertz CT molecular complexity index is 817. The molecule has 2 aromatic rings. The number of hydrogen-bond donors (Lipinski definition) is 3. The summed E-state index contributed by atoms with van der Waals surface area (Å²) in [5.74, 6) is 1.78. The van der Waals surface area contributed by atoms with Gasteiger partial charge in [0.1, 0.15) is 11.6 Å². The van der Waals surface area contributed by atoms with Crippen LogP contribution in [-0.4, -0.2) is 50.8 Å². The molecule has 2 rings (SSSR count). The van der Waals surface area contributed by atoms with E-state index in [0.717, 1.165) is 23.6 Å². The highest BCUT2D eigenvalue weighted by molar-refractivity contribution is 14.0. The van der Waals surface area contributed by atoms with E-state index in [9.17, 15) is 4.79 Å². The van der Waals surface area contributed by atoms with Crippen molar-refractivity contribution >= 4 is 47.3 Å². The van der Waals surface area contributed by atoms with Crippen LogP contribution in [0.25, 0.3) is 0 Å². The summed E-state index contributed by atoms with van der Waals surface area (Å²) < 4.78 is 10.7. The molecule has 1 aromatic heterocycles. The zero-order valence-corrected chi connectivity index (χ0v) is 19.9. The number of guanidine groups is 1. The van der Waals surface area contributed by atoms with Crippen molar-refractivity contribution in [1.82, 2.24) is 10.3 Å². The summed E-state index contributed by atoms with van der Waals surface area (Å²) in [5.41, 5.74) is 1.70. The average Bonchev–Trinajstić information content (AvgIpc) is 2.71. The Morgan fingerprint density at radius 3 is 2.67 bits per heavy atom. The van der Waals surface area contributed by atoms with Gasteiger partial charge in [0.05, 0.1) is 6.61 Å². The van der Waals surface area contributed by atoms with E-state index in [1.165, 1.54) is 0 Å². The van der Waals surface area contributed by atoms with Gasteiger partial charge in [0.15, 0.2) is 5.96 Å². The maximum atomic E-state index is 12.1. The minimum Gasteiger partial charge on any atom is -0.493 e. The van der Waals surface area contributed by atoms with E-state index in [-0.39, 0.29) is 29.9 Å². The molecule has 164 valence electrons. The van der Waals surface area contributed by atoms with Crippen molar-refractivity contribution in [3.05, 3.63) is 48.2 Å². The van der Waals surface area contributed by atoms with Crippen molar-refractivity contribution < 1.29 is 14.3 Å². The first-order valence-electron chi connectivity index (χ1n) is 9.53. The van der Waals surface area contributed by atoms with Gasteiger partial charge >= 0.3 is 0 Å². The normalized spacial score (nSPS) is 10.7. The third-order valence-corrected chi connectivity index (χ3v) is 3.88. The molecule has 0 radical (unpaired) electrons. The molecule has 30 heavy (non-hydrogen) atoms. The predicted molar refractivity (Wildman–Crippen MR) is 131 cm³/mol. The van der Waals surface area contributed by atoms with Gasteiger partial charge in [-0.2, -0.15) is 0 Å². The second kappa shape index (κ2) is 14.6. The molecule has 0 atom stereocenters. The fraction of sp³-hybridized carbons (Fsp3) is 0.381. The van der Waals surface area contributed by atoms with Crippen LogP contribution in [0.15, 0.2) is 47.5 Å². The number of aliphatic imine (C=N–C) groups is 1. The summed E-state index contributed by atoms with van der Waals surface area (Å²) in [7, 11) is 3.35. The number of hydrogen-bond acceptors (Lipinski definition) is 5. The third kappa shape index (κ3) is 9.88. The fourth-order valence-corrected chi connectivity index (χ4v) is 2.49. The lowest BCUT2D eigenvalue weighted by molar-refractivity contribution is -0.116. The minimum atomic E-state index is -0.113. The van der Waals surface area contributed by atoms with E-state index in [1.54, 1.807) is 20.2 Å². The van der Waals surface area contributed by atoms with Crippen molar-refractivity contribution in [2.24, 2.45) is 4.99 Å². The molecule has 3 N–H and O–H groups in total. The molecular formula is C21H30IN5O3. The number of halogens is 1. The van der Waals surface area contributed by atoms with Crippen LogP contribution in [-0.2, 0) is 9.53 Å². The molecule has 0 aliphatic heterocycles. The number of aryl methyl sites for hydroxylation is 1. The standard InChI is InChI=1S/C21H29N5O3.HI/c1-16-7-4-10-19(24-16)26-20(27)11-12-23-21(22-2)25-17-8-5-9-18(15-17)29-14-6-13-28-3;/h4-5,7-10,15H,6,11-14H2,1-3H3,(H2,22,23,25)(H,24,26,27);1H. The first-order valence-corrected chi connectivity index (χ1v) is 9.53. The topological polar surface area (TPSA) is 96.9 Å². The Balaban J connectivity index is 0.00000450. The molecule has 0 fully saturated rings. The van der Waals surface area contributed by atoms with Gasteiger partial charge in [-0.05, 0) is 31.2 Å². The molecule has 0 aliphatic carbocycles. The van der Waals surface area contributed by atoms with Gasteiger partial charge in [-0.25, -0.2) is 4.98 Å². The number of benzene rings is 1. The molecular weight excluding hydrogens is 497 g/mol. The van der Waals surface area contributed by atoms with Gasteiger partial charge in [0, 0.05) is 57.6 Å². The molecule has 8 nitrogen and oxygen atoms in total. The van der Waals surface area contributed by atoms with Crippen LogP contribution in [0.5, 0.6) is 5.75 Å². The largest absolute Gasteiger partial charge is 0.493 e. The summed E-state index contributed by atoms with van der Waals surface area (Å²) in [6.07, 6.45) is 1.12. The quantitative estimate of drug-likeness (QED) is 0.190. The van der Waals surface area contributed by atoms with Gasteiger partial charge in [-0.15, -0.1) is 24.0 Å². The Hall–Kier alpha value is -2.40. The number of carbonyl (C=O) groups is 1. The van der Waals surface area contributed by atoms with E-state index in [0.29, 0.717) is 38.0 Å². The fourth-order valence-electron chi connectivity index (χ4n) is 2.49. The van der Waals surface area contributed by atoms with Crippen LogP contribution in [0.4, 0.5) is 11.5 Å². The number of nitrogens with one attached hydrogen (secondary N) is 3. The van der Waals surface area contributed by atoms with E-state index in [1.807, 2.05) is 43.3 Å². The first-order chi connectivity index (χ1) is 14.1. The number of ether oxygens (including phenoxy) is 2. The molecule has 1 heterocycles. The molecule has 1 amide bonds. The van der Waals surface area contributed by atoms with Crippen LogP contribution in [0.2, 0.25) is 0 Å². The predicted octanol–water partition coefficient (Wildman–Crippen LogP) is 3.44. The van der Waals surface area contributed by atoms with Crippen molar-refractivity contribution in [2.45, 2.75) is 19.8 Å².